The van der Waals surface area contributed by atoms with Crippen molar-refractivity contribution < 1.29 is 17.9 Å². The van der Waals surface area contributed by atoms with Crippen molar-refractivity contribution in [1.82, 2.24) is 5.32 Å². The van der Waals surface area contributed by atoms with Gasteiger partial charge in [-0.25, -0.2) is 13.6 Å². The first-order valence-corrected chi connectivity index (χ1v) is 6.33. The van der Waals surface area contributed by atoms with Crippen LogP contribution in [0.15, 0.2) is 23.1 Å². The molecule has 1 amide bonds. The van der Waals surface area contributed by atoms with Crippen LogP contribution in [-0.4, -0.2) is 28.5 Å². The maximum Gasteiger partial charge on any atom is 0.241 e. The van der Waals surface area contributed by atoms with Gasteiger partial charge >= 0.3 is 0 Å². The lowest BCUT2D eigenvalue weighted by atomic mass is 10.1. The van der Waals surface area contributed by atoms with Crippen molar-refractivity contribution in [2.45, 2.75) is 11.3 Å². The molecule has 6 nitrogen and oxygen atoms in total. The Balaban J connectivity index is 3.19. The van der Waals surface area contributed by atoms with Crippen molar-refractivity contribution in [3.63, 3.8) is 0 Å². The summed E-state index contributed by atoms with van der Waals surface area (Å²) in [4.78, 5) is 11.0. The largest absolute Gasteiger partial charge is 0.495 e. The van der Waals surface area contributed by atoms with Gasteiger partial charge in [-0.3, -0.25) is 4.79 Å². The van der Waals surface area contributed by atoms with Gasteiger partial charge < -0.3 is 10.1 Å². The zero-order chi connectivity index (χ0) is 13.1. The lowest BCUT2D eigenvalue weighted by Crippen LogP contribution is -2.20. The highest BCUT2D eigenvalue weighted by Crippen LogP contribution is 2.23. The van der Waals surface area contributed by atoms with Gasteiger partial charge in [0.15, 0.2) is 0 Å². The fraction of sp³-hybridized carbons (Fsp3) is 0.300. The fourth-order valence-electron chi connectivity index (χ4n) is 1.33. The molecule has 0 aliphatic carbocycles. The summed E-state index contributed by atoms with van der Waals surface area (Å²) in [6.07, 6.45) is 0.0863. The van der Waals surface area contributed by atoms with Crippen LogP contribution in [-0.2, 0) is 21.2 Å². The molecule has 0 heterocycles. The Morgan fingerprint density at radius 1 is 1.47 bits per heavy atom. The molecule has 0 saturated carbocycles. The van der Waals surface area contributed by atoms with Crippen LogP contribution in [0, 0.1) is 0 Å². The molecule has 0 unspecified atom stereocenters. The summed E-state index contributed by atoms with van der Waals surface area (Å²) in [5.74, 6) is -0.0521. The molecule has 0 aromatic heterocycles. The third-order valence-corrected chi connectivity index (χ3v) is 3.11. The number of nitrogens with one attached hydrogen (secondary N) is 1. The number of amides is 1. The number of benzene rings is 1. The SMILES string of the molecule is CNC(=O)Cc1ccc(OC)c(S(N)(=O)=O)c1. The molecular weight excluding hydrogens is 244 g/mol. The van der Waals surface area contributed by atoms with Crippen LogP contribution in [0.3, 0.4) is 0 Å². The van der Waals surface area contributed by atoms with E-state index >= 15 is 0 Å². The molecule has 0 atom stereocenters. The average Bonchev–Trinajstić information content (AvgIpc) is 2.27. The molecule has 17 heavy (non-hydrogen) atoms. The average molecular weight is 258 g/mol. The normalized spacial score (nSPS) is 11.0. The molecule has 1 rings (SSSR count). The number of carbonyl (C=O) groups is 1. The zero-order valence-corrected chi connectivity index (χ0v) is 10.4. The smallest absolute Gasteiger partial charge is 0.241 e. The van der Waals surface area contributed by atoms with Crippen molar-refractivity contribution in [3.8, 4) is 5.75 Å². The molecule has 0 saturated heterocycles. The van der Waals surface area contributed by atoms with E-state index in [2.05, 4.69) is 5.32 Å². The summed E-state index contributed by atoms with van der Waals surface area (Å²) in [6.45, 7) is 0. The Morgan fingerprint density at radius 2 is 2.12 bits per heavy atom. The lowest BCUT2D eigenvalue weighted by molar-refractivity contribution is -0.119. The van der Waals surface area contributed by atoms with Gasteiger partial charge in [0.2, 0.25) is 15.9 Å². The van der Waals surface area contributed by atoms with Gasteiger partial charge in [-0.2, -0.15) is 0 Å². The molecule has 0 aliphatic rings. The second-order valence-corrected chi connectivity index (χ2v) is 4.91. The van der Waals surface area contributed by atoms with Gasteiger partial charge in [0.05, 0.1) is 13.5 Å². The summed E-state index contributed by atoms with van der Waals surface area (Å²) >= 11 is 0. The van der Waals surface area contributed by atoms with Gasteiger partial charge in [-0.1, -0.05) is 6.07 Å². The van der Waals surface area contributed by atoms with E-state index < -0.39 is 10.0 Å². The number of hydrogen-bond acceptors (Lipinski definition) is 4. The molecule has 94 valence electrons. The molecule has 0 aliphatic heterocycles. The number of nitrogens with two attached hydrogens (primary N) is 1. The minimum absolute atomic E-state index is 0.0863. The van der Waals surface area contributed by atoms with Gasteiger partial charge in [-0.05, 0) is 17.7 Å². The van der Waals surface area contributed by atoms with Crippen molar-refractivity contribution in [1.29, 1.82) is 0 Å². The van der Waals surface area contributed by atoms with Crippen LogP contribution in [0.5, 0.6) is 5.75 Å². The zero-order valence-electron chi connectivity index (χ0n) is 9.56. The number of likely N-dealkylation sites (N-methyl/N-ethyl adjacent to an activating group) is 1. The summed E-state index contributed by atoms with van der Waals surface area (Å²) in [6, 6.07) is 4.42. The van der Waals surface area contributed by atoms with Crippen LogP contribution in [0.25, 0.3) is 0 Å². The van der Waals surface area contributed by atoms with Crippen molar-refractivity contribution >= 4 is 15.9 Å². The van der Waals surface area contributed by atoms with Gasteiger partial charge in [-0.15, -0.1) is 0 Å². The monoisotopic (exact) mass is 258 g/mol. The van der Waals surface area contributed by atoms with Crippen LogP contribution in [0.2, 0.25) is 0 Å². The molecule has 1 aromatic rings. The Morgan fingerprint density at radius 3 is 2.59 bits per heavy atom. The summed E-state index contributed by atoms with van der Waals surface area (Å²) in [5, 5.41) is 7.51. The van der Waals surface area contributed by atoms with Gasteiger partial charge in [0.25, 0.3) is 0 Å². The van der Waals surface area contributed by atoms with E-state index in [0.717, 1.165) is 0 Å². The predicted molar refractivity (Wildman–Crippen MR) is 62.1 cm³/mol. The van der Waals surface area contributed by atoms with Crippen LogP contribution < -0.4 is 15.2 Å². The predicted octanol–water partition coefficient (Wildman–Crippen LogP) is -0.369. The molecule has 1 aromatic carbocycles. The quantitative estimate of drug-likeness (QED) is 0.769. The fourth-order valence-corrected chi connectivity index (χ4v) is 2.07. The van der Waals surface area contributed by atoms with E-state index in [1.807, 2.05) is 0 Å². The number of rotatable bonds is 4. The summed E-state index contributed by atoms with van der Waals surface area (Å²) < 4.78 is 27.5. The van der Waals surface area contributed by atoms with Crippen molar-refractivity contribution in [3.05, 3.63) is 23.8 Å². The number of primary sulfonamides is 1. The third-order valence-electron chi connectivity index (χ3n) is 2.18. The highest BCUT2D eigenvalue weighted by Gasteiger charge is 2.16. The van der Waals surface area contributed by atoms with Crippen molar-refractivity contribution in [2.75, 3.05) is 14.2 Å². The maximum absolute atomic E-state index is 11.3. The Hall–Kier alpha value is -1.60. The first-order valence-electron chi connectivity index (χ1n) is 4.78. The molecule has 0 fully saturated rings. The third kappa shape index (κ3) is 3.43. The van der Waals surface area contributed by atoms with E-state index in [4.69, 9.17) is 9.88 Å². The Bertz CT molecular complexity index is 525. The highest BCUT2D eigenvalue weighted by molar-refractivity contribution is 7.89. The first kappa shape index (κ1) is 13.5. The van der Waals surface area contributed by atoms with E-state index in [1.165, 1.54) is 26.3 Å². The summed E-state index contributed by atoms with van der Waals surface area (Å²) in [5.41, 5.74) is 0.550. The molecule has 0 spiro atoms. The second-order valence-electron chi connectivity index (χ2n) is 3.38. The van der Waals surface area contributed by atoms with Gasteiger partial charge in [0.1, 0.15) is 10.6 Å². The van der Waals surface area contributed by atoms with Crippen LogP contribution >= 0.6 is 0 Å². The summed E-state index contributed by atoms with van der Waals surface area (Å²) in [7, 11) is -1.01. The first-order chi connectivity index (χ1) is 7.88. The Kier molecular flexibility index (Phi) is 4.08. The molecular formula is C10H14N2O4S. The number of methoxy groups -OCH3 is 1. The van der Waals surface area contributed by atoms with E-state index in [0.29, 0.717) is 5.56 Å². The molecule has 3 N–H and O–H groups in total. The maximum atomic E-state index is 11.3. The topological polar surface area (TPSA) is 98.5 Å². The Labute approximate surface area is 99.8 Å². The van der Waals surface area contributed by atoms with Gasteiger partial charge in [0, 0.05) is 7.05 Å². The highest BCUT2D eigenvalue weighted by atomic mass is 32.2. The second kappa shape index (κ2) is 5.15. The minimum Gasteiger partial charge on any atom is -0.495 e. The van der Waals surface area contributed by atoms with Crippen molar-refractivity contribution in [2.24, 2.45) is 5.14 Å². The van der Waals surface area contributed by atoms with E-state index in [-0.39, 0.29) is 23.0 Å². The number of carbonyl (C=O) groups excluding carboxylic acids is 1. The number of sulfonamides is 1. The molecule has 7 heteroatoms. The molecule has 0 bridgehead atoms. The van der Waals surface area contributed by atoms with Crippen LogP contribution in [0.1, 0.15) is 5.56 Å². The minimum atomic E-state index is -3.87. The van der Waals surface area contributed by atoms with E-state index in [9.17, 15) is 13.2 Å². The number of hydrogen-bond donors (Lipinski definition) is 2. The van der Waals surface area contributed by atoms with Crippen LogP contribution in [0.4, 0.5) is 0 Å². The number of ether oxygens (including phenoxy) is 1. The lowest BCUT2D eigenvalue weighted by Gasteiger charge is -2.08. The standard InChI is InChI=1S/C10H14N2O4S/c1-12-10(13)6-7-3-4-8(16-2)9(5-7)17(11,14)15/h3-5H,6H2,1-2H3,(H,12,13)(H2,11,14,15). The van der Waals surface area contributed by atoms with E-state index in [1.54, 1.807) is 6.07 Å². The molecule has 0 radical (unpaired) electrons.